The molecule has 1 aromatic heterocycles. The summed E-state index contributed by atoms with van der Waals surface area (Å²) in [6.07, 6.45) is 0.923. The molecule has 1 aromatic rings. The minimum absolute atomic E-state index is 0.0427. The molecule has 2 N–H and O–H groups in total. The zero-order valence-corrected chi connectivity index (χ0v) is 12.9. The number of aliphatic imine (C=N–C) groups is 2. The molecule has 1 unspecified atom stereocenters. The lowest BCUT2D eigenvalue weighted by Crippen LogP contribution is -2.50. The number of aryl methyl sites for hydroxylation is 1. The molecule has 0 aliphatic carbocycles. The lowest BCUT2D eigenvalue weighted by Gasteiger charge is -2.29. The third-order valence-electron chi connectivity index (χ3n) is 3.24. The van der Waals surface area contributed by atoms with Gasteiger partial charge in [0.25, 0.3) is 0 Å². The van der Waals surface area contributed by atoms with Gasteiger partial charge in [-0.3, -0.25) is 5.32 Å². The fourth-order valence-corrected chi connectivity index (χ4v) is 2.07. The van der Waals surface area contributed by atoms with Gasteiger partial charge in [-0.05, 0) is 26.0 Å². The van der Waals surface area contributed by atoms with Crippen LogP contribution in [0.1, 0.15) is 18.3 Å². The molecule has 0 amide bonds. The highest BCUT2D eigenvalue weighted by atomic mass is 15.4. The third-order valence-corrected chi connectivity index (χ3v) is 3.24. The van der Waals surface area contributed by atoms with E-state index in [0.29, 0.717) is 0 Å². The maximum atomic E-state index is 4.54. The van der Waals surface area contributed by atoms with Gasteiger partial charge < -0.3 is 14.8 Å². The van der Waals surface area contributed by atoms with Gasteiger partial charge in [-0.1, -0.05) is 0 Å². The van der Waals surface area contributed by atoms with Gasteiger partial charge in [-0.25, -0.2) is 9.98 Å². The predicted octanol–water partition coefficient (Wildman–Crippen LogP) is 1.02. The van der Waals surface area contributed by atoms with Crippen LogP contribution in [-0.4, -0.2) is 60.6 Å². The number of nitrogens with one attached hydrogen (secondary N) is 2. The summed E-state index contributed by atoms with van der Waals surface area (Å²) in [5, 5.41) is 3.27. The lowest BCUT2D eigenvalue weighted by molar-refractivity contribution is 0.474. The molecule has 2 heterocycles. The van der Waals surface area contributed by atoms with E-state index < -0.39 is 0 Å². The monoisotopic (exact) mass is 276 g/mol. The summed E-state index contributed by atoms with van der Waals surface area (Å²) in [5.74, 6) is 1.73. The van der Waals surface area contributed by atoms with Crippen LogP contribution in [0.15, 0.2) is 22.1 Å². The Kier molecular flexibility index (Phi) is 4.32. The second kappa shape index (κ2) is 5.98. The quantitative estimate of drug-likeness (QED) is 0.866. The Morgan fingerprint density at radius 2 is 1.85 bits per heavy atom. The first kappa shape index (κ1) is 14.4. The number of hydrogen-bond donors (Lipinski definition) is 2. The van der Waals surface area contributed by atoms with Crippen molar-refractivity contribution in [3.8, 4) is 0 Å². The van der Waals surface area contributed by atoms with Crippen molar-refractivity contribution in [2.45, 2.75) is 26.4 Å². The highest BCUT2D eigenvalue weighted by molar-refractivity contribution is 5.99. The first-order valence-electron chi connectivity index (χ1n) is 6.91. The number of likely N-dealkylation sites (N-methyl/N-ethyl adjacent to an activating group) is 1. The maximum Gasteiger partial charge on any atom is 0.202 e. The average molecular weight is 276 g/mol. The molecule has 20 heavy (non-hydrogen) atoms. The number of aromatic nitrogens is 1. The van der Waals surface area contributed by atoms with Crippen molar-refractivity contribution in [1.82, 2.24) is 20.1 Å². The molecular weight excluding hydrogens is 252 g/mol. The number of H-pyrrole nitrogens is 1. The molecule has 1 aliphatic heterocycles. The summed E-state index contributed by atoms with van der Waals surface area (Å²) in [7, 11) is 6.00. The number of aromatic amines is 1. The highest BCUT2D eigenvalue weighted by Gasteiger charge is 2.17. The van der Waals surface area contributed by atoms with Crippen molar-refractivity contribution in [3.63, 3.8) is 0 Å². The molecule has 0 bridgehead atoms. The van der Waals surface area contributed by atoms with E-state index in [4.69, 9.17) is 0 Å². The Labute approximate surface area is 120 Å². The van der Waals surface area contributed by atoms with E-state index in [1.54, 1.807) is 0 Å². The van der Waals surface area contributed by atoms with Gasteiger partial charge >= 0.3 is 0 Å². The number of hydrogen-bond acceptors (Lipinski definition) is 5. The van der Waals surface area contributed by atoms with E-state index in [-0.39, 0.29) is 6.17 Å². The summed E-state index contributed by atoms with van der Waals surface area (Å²) < 4.78 is 0. The molecule has 1 aliphatic rings. The molecule has 0 saturated heterocycles. The van der Waals surface area contributed by atoms with Gasteiger partial charge in [0.2, 0.25) is 11.9 Å². The van der Waals surface area contributed by atoms with Crippen LogP contribution in [0.25, 0.3) is 0 Å². The fourth-order valence-electron chi connectivity index (χ4n) is 2.07. The van der Waals surface area contributed by atoms with Crippen LogP contribution in [0, 0.1) is 6.92 Å². The molecular formula is C14H24N6. The van der Waals surface area contributed by atoms with Crippen LogP contribution in [-0.2, 0) is 6.42 Å². The molecule has 6 nitrogen and oxygen atoms in total. The standard InChI is InChI=1S/C14H24N6/c1-10-6-7-12(15-10)8-9-20(5)14-17-11(2)16-13(18-14)19(3)4/h6-7,11,15H,8-9H2,1-5H3,(H,16,17,18). The van der Waals surface area contributed by atoms with E-state index >= 15 is 0 Å². The number of rotatable bonds is 3. The second-order valence-corrected chi connectivity index (χ2v) is 5.39. The molecule has 0 fully saturated rings. The first-order chi connectivity index (χ1) is 9.45. The van der Waals surface area contributed by atoms with Crippen LogP contribution in [0.3, 0.4) is 0 Å². The largest absolute Gasteiger partial charge is 0.362 e. The molecule has 0 aromatic carbocycles. The van der Waals surface area contributed by atoms with Gasteiger partial charge in [0.15, 0.2) is 0 Å². The first-order valence-corrected chi connectivity index (χ1v) is 6.91. The summed E-state index contributed by atoms with van der Waals surface area (Å²) in [4.78, 5) is 16.4. The fraction of sp³-hybridized carbons (Fsp3) is 0.571. The summed E-state index contributed by atoms with van der Waals surface area (Å²) in [6, 6.07) is 4.24. The molecule has 110 valence electrons. The molecule has 0 spiro atoms. The minimum Gasteiger partial charge on any atom is -0.362 e. The van der Waals surface area contributed by atoms with Crippen LogP contribution in [0.4, 0.5) is 0 Å². The van der Waals surface area contributed by atoms with Crippen molar-refractivity contribution in [2.75, 3.05) is 27.7 Å². The van der Waals surface area contributed by atoms with E-state index in [9.17, 15) is 0 Å². The Bertz CT molecular complexity index is 513. The Hall–Kier alpha value is -1.98. The lowest BCUT2D eigenvalue weighted by atomic mass is 10.3. The molecule has 0 saturated carbocycles. The summed E-state index contributed by atoms with van der Waals surface area (Å²) in [5.41, 5.74) is 2.45. The van der Waals surface area contributed by atoms with Crippen LogP contribution < -0.4 is 5.32 Å². The highest BCUT2D eigenvalue weighted by Crippen LogP contribution is 2.05. The Morgan fingerprint density at radius 3 is 2.45 bits per heavy atom. The molecule has 1 atom stereocenters. The topological polar surface area (TPSA) is 59.0 Å². The van der Waals surface area contributed by atoms with E-state index in [0.717, 1.165) is 24.9 Å². The zero-order valence-electron chi connectivity index (χ0n) is 12.9. The van der Waals surface area contributed by atoms with Crippen LogP contribution >= 0.6 is 0 Å². The number of nitrogens with zero attached hydrogens (tertiary/aromatic N) is 4. The summed E-state index contributed by atoms with van der Waals surface area (Å²) in [6.45, 7) is 4.97. The van der Waals surface area contributed by atoms with E-state index in [1.165, 1.54) is 11.4 Å². The Balaban J connectivity index is 1.94. The number of guanidine groups is 2. The smallest absolute Gasteiger partial charge is 0.202 e. The van der Waals surface area contributed by atoms with E-state index in [1.807, 2.05) is 33.0 Å². The molecule has 6 heteroatoms. The molecule has 0 radical (unpaired) electrons. The zero-order chi connectivity index (χ0) is 14.7. The summed E-state index contributed by atoms with van der Waals surface area (Å²) >= 11 is 0. The van der Waals surface area contributed by atoms with Crippen LogP contribution in [0.2, 0.25) is 0 Å². The van der Waals surface area contributed by atoms with Gasteiger partial charge in [0.05, 0.1) is 0 Å². The predicted molar refractivity (Wildman–Crippen MR) is 83.0 cm³/mol. The third kappa shape index (κ3) is 3.53. The average Bonchev–Trinajstić information content (AvgIpc) is 2.81. The minimum atomic E-state index is -0.0427. The van der Waals surface area contributed by atoms with Gasteiger partial charge in [0.1, 0.15) is 6.17 Å². The van der Waals surface area contributed by atoms with Crippen molar-refractivity contribution >= 4 is 11.9 Å². The van der Waals surface area contributed by atoms with Crippen molar-refractivity contribution in [3.05, 3.63) is 23.5 Å². The van der Waals surface area contributed by atoms with Gasteiger partial charge in [-0.15, -0.1) is 0 Å². The van der Waals surface area contributed by atoms with Gasteiger partial charge in [-0.2, -0.15) is 0 Å². The molecule has 2 rings (SSSR count). The second-order valence-electron chi connectivity index (χ2n) is 5.39. The van der Waals surface area contributed by atoms with Crippen molar-refractivity contribution in [2.24, 2.45) is 9.98 Å². The van der Waals surface area contributed by atoms with Crippen molar-refractivity contribution in [1.29, 1.82) is 0 Å². The SMILES string of the molecule is Cc1ccc(CCN(C)C2=NC(C)N=C(N(C)C)N2)[nH]1. The van der Waals surface area contributed by atoms with Crippen molar-refractivity contribution < 1.29 is 0 Å². The maximum absolute atomic E-state index is 4.54. The Morgan fingerprint density at radius 1 is 1.15 bits per heavy atom. The van der Waals surface area contributed by atoms with Crippen LogP contribution in [0.5, 0.6) is 0 Å². The normalized spacial score (nSPS) is 18.1. The van der Waals surface area contributed by atoms with E-state index in [2.05, 4.69) is 44.2 Å². The van der Waals surface area contributed by atoms with Gasteiger partial charge in [0, 0.05) is 45.5 Å².